The summed E-state index contributed by atoms with van der Waals surface area (Å²) in [5.41, 5.74) is 1.65. The molecule has 4 rings (SSSR count). The molecule has 1 aromatic heterocycles. The van der Waals surface area contributed by atoms with Gasteiger partial charge in [0.25, 0.3) is 0 Å². The van der Waals surface area contributed by atoms with Crippen molar-refractivity contribution in [1.82, 2.24) is 14.8 Å². The van der Waals surface area contributed by atoms with Gasteiger partial charge in [0.15, 0.2) is 0 Å². The van der Waals surface area contributed by atoms with Crippen LogP contribution in [0.1, 0.15) is 29.6 Å². The van der Waals surface area contributed by atoms with Gasteiger partial charge in [-0.3, -0.25) is 0 Å². The van der Waals surface area contributed by atoms with Gasteiger partial charge in [0.2, 0.25) is 5.95 Å². The zero-order chi connectivity index (χ0) is 18.8. The Kier molecular flexibility index (Phi) is 4.62. The maximum Gasteiger partial charge on any atom is 0.387 e. The summed E-state index contributed by atoms with van der Waals surface area (Å²) in [4.78, 5) is 4.26. The van der Waals surface area contributed by atoms with Gasteiger partial charge in [-0.25, -0.2) is 4.68 Å². The summed E-state index contributed by atoms with van der Waals surface area (Å²) in [6.45, 7) is -2.89. The van der Waals surface area contributed by atoms with E-state index in [1.807, 2.05) is 24.3 Å². The van der Waals surface area contributed by atoms with Crippen LogP contribution in [-0.2, 0) is 0 Å². The average Bonchev–Trinajstić information content (AvgIpc) is 3.16. The van der Waals surface area contributed by atoms with Crippen molar-refractivity contribution >= 4 is 5.95 Å². The van der Waals surface area contributed by atoms with E-state index in [2.05, 4.69) is 15.4 Å². The van der Waals surface area contributed by atoms with Crippen molar-refractivity contribution < 1.29 is 18.3 Å². The summed E-state index contributed by atoms with van der Waals surface area (Å²) in [7, 11) is 1.62. The Morgan fingerprint density at radius 2 is 2.04 bits per heavy atom. The largest absolute Gasteiger partial charge is 0.497 e. The molecule has 0 saturated carbocycles. The second-order valence-corrected chi connectivity index (χ2v) is 6.17. The molecular weight excluding hydrogens is 354 g/mol. The number of hydrogen-bond acceptors (Lipinski definition) is 5. The molecule has 0 saturated heterocycles. The summed E-state index contributed by atoms with van der Waals surface area (Å²) in [6.07, 6.45) is 2.03. The fraction of sp³-hybridized carbons (Fsp3) is 0.263. The van der Waals surface area contributed by atoms with Gasteiger partial charge in [0, 0.05) is 5.56 Å². The smallest absolute Gasteiger partial charge is 0.387 e. The topological polar surface area (TPSA) is 61.2 Å². The second-order valence-electron chi connectivity index (χ2n) is 6.17. The fourth-order valence-corrected chi connectivity index (χ4v) is 3.41. The highest BCUT2D eigenvalue weighted by atomic mass is 19.3. The molecule has 6 nitrogen and oxygen atoms in total. The molecule has 2 heterocycles. The first-order chi connectivity index (χ1) is 13.2. The van der Waals surface area contributed by atoms with Crippen LogP contribution in [0.4, 0.5) is 14.7 Å². The van der Waals surface area contributed by atoms with Crippen LogP contribution < -0.4 is 14.8 Å². The number of halogens is 2. The van der Waals surface area contributed by atoms with E-state index in [1.54, 1.807) is 36.1 Å². The van der Waals surface area contributed by atoms with Gasteiger partial charge >= 0.3 is 6.61 Å². The highest BCUT2D eigenvalue weighted by molar-refractivity contribution is 5.43. The average molecular weight is 372 g/mol. The molecule has 0 bridgehead atoms. The van der Waals surface area contributed by atoms with Crippen molar-refractivity contribution in [3.63, 3.8) is 0 Å². The minimum atomic E-state index is -2.89. The van der Waals surface area contributed by atoms with Crippen molar-refractivity contribution in [1.29, 1.82) is 0 Å². The Morgan fingerprint density at radius 3 is 2.85 bits per heavy atom. The summed E-state index contributed by atoms with van der Waals surface area (Å²) in [5.74, 6) is 1.47. The van der Waals surface area contributed by atoms with E-state index in [4.69, 9.17) is 9.47 Å². The third kappa shape index (κ3) is 3.42. The monoisotopic (exact) mass is 372 g/mol. The van der Waals surface area contributed by atoms with Crippen LogP contribution in [0.2, 0.25) is 0 Å². The highest BCUT2D eigenvalue weighted by Crippen LogP contribution is 2.41. The van der Waals surface area contributed by atoms with Crippen LogP contribution in [0.3, 0.4) is 0 Å². The van der Waals surface area contributed by atoms with E-state index in [0.29, 0.717) is 17.9 Å². The van der Waals surface area contributed by atoms with Crippen LogP contribution in [0, 0.1) is 0 Å². The van der Waals surface area contributed by atoms with E-state index < -0.39 is 6.61 Å². The third-order valence-electron chi connectivity index (χ3n) is 4.62. The molecule has 1 aliphatic heterocycles. The van der Waals surface area contributed by atoms with Gasteiger partial charge in [-0.2, -0.15) is 18.9 Å². The van der Waals surface area contributed by atoms with Gasteiger partial charge in [-0.1, -0.05) is 30.3 Å². The maximum atomic E-state index is 12.8. The van der Waals surface area contributed by atoms with Gasteiger partial charge in [0.1, 0.15) is 17.8 Å². The lowest BCUT2D eigenvalue weighted by molar-refractivity contribution is -0.0507. The number of anilines is 1. The molecule has 1 N–H and O–H groups in total. The number of aromatic nitrogens is 3. The minimum Gasteiger partial charge on any atom is -0.497 e. The van der Waals surface area contributed by atoms with Crippen molar-refractivity contribution in [2.24, 2.45) is 0 Å². The first-order valence-corrected chi connectivity index (χ1v) is 8.49. The van der Waals surface area contributed by atoms with Crippen molar-refractivity contribution in [3.05, 3.63) is 66.0 Å². The molecule has 1 aliphatic rings. The van der Waals surface area contributed by atoms with Crippen LogP contribution in [0.25, 0.3) is 0 Å². The van der Waals surface area contributed by atoms with Crippen molar-refractivity contribution in [3.8, 4) is 11.5 Å². The van der Waals surface area contributed by atoms with E-state index in [1.165, 1.54) is 6.33 Å². The summed E-state index contributed by atoms with van der Waals surface area (Å²) in [5, 5.41) is 7.62. The quantitative estimate of drug-likeness (QED) is 0.733. The lowest BCUT2D eigenvalue weighted by Gasteiger charge is -2.32. The second kappa shape index (κ2) is 7.22. The van der Waals surface area contributed by atoms with Crippen molar-refractivity contribution in [2.45, 2.75) is 25.1 Å². The van der Waals surface area contributed by atoms with E-state index in [-0.39, 0.29) is 17.8 Å². The Balaban J connectivity index is 1.73. The summed E-state index contributed by atoms with van der Waals surface area (Å²) in [6, 6.07) is 14.1. The molecule has 2 atom stereocenters. The van der Waals surface area contributed by atoms with Crippen LogP contribution >= 0.6 is 0 Å². The molecule has 8 heteroatoms. The lowest BCUT2D eigenvalue weighted by atomic mass is 9.93. The molecule has 27 heavy (non-hydrogen) atoms. The zero-order valence-electron chi connectivity index (χ0n) is 14.5. The summed E-state index contributed by atoms with van der Waals surface area (Å²) < 4.78 is 37.4. The first kappa shape index (κ1) is 17.3. The van der Waals surface area contributed by atoms with E-state index >= 15 is 0 Å². The first-order valence-electron chi connectivity index (χ1n) is 8.49. The minimum absolute atomic E-state index is 0.0820. The molecule has 0 radical (unpaired) electrons. The van der Waals surface area contributed by atoms with Crippen molar-refractivity contribution in [2.75, 3.05) is 12.4 Å². The Labute approximate surface area is 154 Å². The molecule has 2 aromatic carbocycles. The lowest BCUT2D eigenvalue weighted by Crippen LogP contribution is -2.28. The van der Waals surface area contributed by atoms with Crippen LogP contribution in [0.15, 0.2) is 54.9 Å². The summed E-state index contributed by atoms with van der Waals surface area (Å²) >= 11 is 0. The number of nitrogens with zero attached hydrogens (tertiary/aromatic N) is 3. The number of methoxy groups -OCH3 is 1. The van der Waals surface area contributed by atoms with Crippen LogP contribution in [0.5, 0.6) is 11.5 Å². The molecule has 0 fully saturated rings. The number of hydrogen-bond donors (Lipinski definition) is 1. The molecule has 140 valence electrons. The van der Waals surface area contributed by atoms with Gasteiger partial charge in [-0.05, 0) is 30.2 Å². The standard InChI is InChI=1S/C19H18F2N4O2/c1-26-13-6-4-5-12(9-13)15-10-16(25-19(24-15)22-11-23-25)14-7-2-3-8-17(14)27-18(20)21/h2-9,11,15-16,18H,10H2,1H3,(H,22,23,24)/t15-,16-/m0/s1. The van der Waals surface area contributed by atoms with Crippen LogP contribution in [-0.4, -0.2) is 28.5 Å². The molecule has 0 unspecified atom stereocenters. The molecule has 0 amide bonds. The Morgan fingerprint density at radius 1 is 1.19 bits per heavy atom. The Hall–Kier alpha value is -3.16. The zero-order valence-corrected chi connectivity index (χ0v) is 14.5. The molecule has 0 aliphatic carbocycles. The van der Waals surface area contributed by atoms with Gasteiger partial charge in [-0.15, -0.1) is 0 Å². The molecular formula is C19H18F2N4O2. The van der Waals surface area contributed by atoms with Gasteiger partial charge < -0.3 is 14.8 Å². The maximum absolute atomic E-state index is 12.8. The number of rotatable bonds is 5. The Bertz CT molecular complexity index is 931. The molecule has 3 aromatic rings. The van der Waals surface area contributed by atoms with E-state index in [0.717, 1.165) is 11.3 Å². The third-order valence-corrected chi connectivity index (χ3v) is 4.62. The predicted octanol–water partition coefficient (Wildman–Crippen LogP) is 4.03. The molecule has 0 spiro atoms. The predicted molar refractivity (Wildman–Crippen MR) is 95.2 cm³/mol. The van der Waals surface area contributed by atoms with Gasteiger partial charge in [0.05, 0.1) is 19.2 Å². The SMILES string of the molecule is COc1cccc([C@@H]2C[C@@H](c3ccccc3OC(F)F)n3ncnc3N2)c1. The number of alkyl halides is 2. The number of benzene rings is 2. The number of nitrogens with one attached hydrogen (secondary N) is 1. The highest BCUT2D eigenvalue weighted by Gasteiger charge is 2.32. The normalized spacial score (nSPS) is 18.7. The number of para-hydroxylation sites is 1. The number of ether oxygens (including phenoxy) is 2. The van der Waals surface area contributed by atoms with E-state index in [9.17, 15) is 8.78 Å². The number of fused-ring (bicyclic) bond motifs is 1. The fourth-order valence-electron chi connectivity index (χ4n) is 3.41.